The predicted molar refractivity (Wildman–Crippen MR) is 58.8 cm³/mol. The Morgan fingerprint density at radius 3 is 2.82 bits per heavy atom. The van der Waals surface area contributed by atoms with Crippen LogP contribution in [0.2, 0.25) is 0 Å². The smallest absolute Gasteiger partial charge is 0.251 e. The zero-order chi connectivity index (χ0) is 12.6. The third-order valence-electron chi connectivity index (χ3n) is 2.37. The van der Waals surface area contributed by atoms with E-state index in [0.29, 0.717) is 0 Å². The van der Waals surface area contributed by atoms with Crippen molar-refractivity contribution >= 4 is 12.2 Å². The summed E-state index contributed by atoms with van der Waals surface area (Å²) in [6.07, 6.45) is -1.00. The van der Waals surface area contributed by atoms with Gasteiger partial charge in [-0.2, -0.15) is 0 Å². The molecular weight excluding hydrogens is 248 g/mol. The first-order valence-corrected chi connectivity index (χ1v) is 5.14. The lowest BCUT2D eigenvalue weighted by Gasteiger charge is -2.18. The van der Waals surface area contributed by atoms with Gasteiger partial charge in [-0.3, -0.25) is 14.3 Å². The Bertz CT molecular complexity index is 575. The van der Waals surface area contributed by atoms with E-state index < -0.39 is 24.7 Å². The summed E-state index contributed by atoms with van der Waals surface area (Å²) >= 11 is 4.90. The quantitative estimate of drug-likeness (QED) is 0.535. The van der Waals surface area contributed by atoms with Crippen LogP contribution in [0.3, 0.4) is 0 Å². The molecule has 0 bridgehead atoms. The average molecular weight is 258 g/mol. The van der Waals surface area contributed by atoms with Gasteiger partial charge in [-0.15, -0.1) is 0 Å². The van der Waals surface area contributed by atoms with Gasteiger partial charge in [-0.25, -0.2) is 0 Å². The van der Waals surface area contributed by atoms with Crippen LogP contribution in [0.5, 0.6) is 0 Å². The molecule has 0 aliphatic carbocycles. The van der Waals surface area contributed by atoms with Crippen molar-refractivity contribution < 1.29 is 20.1 Å². The van der Waals surface area contributed by atoms with Gasteiger partial charge < -0.3 is 20.1 Å². The number of aliphatic hydroxyl groups is 3. The third kappa shape index (κ3) is 1.97. The molecule has 1 aliphatic rings. The van der Waals surface area contributed by atoms with Crippen molar-refractivity contribution in [2.24, 2.45) is 0 Å². The molecule has 1 unspecified atom stereocenters. The van der Waals surface area contributed by atoms with Crippen LogP contribution in [-0.4, -0.2) is 37.6 Å². The summed E-state index contributed by atoms with van der Waals surface area (Å²) < 4.78 is 6.47. The molecular formula is C9H10N2O5S. The zero-order valence-corrected chi connectivity index (χ0v) is 9.35. The molecule has 17 heavy (non-hydrogen) atoms. The maximum absolute atomic E-state index is 11.0. The minimum absolute atomic E-state index is 0.0496. The summed E-state index contributed by atoms with van der Waals surface area (Å²) in [5.74, 6) is -0.554. The van der Waals surface area contributed by atoms with E-state index in [1.165, 1.54) is 16.8 Å². The maximum atomic E-state index is 11.0. The molecule has 7 nitrogen and oxygen atoms in total. The lowest BCUT2D eigenvalue weighted by atomic mass is 10.2. The lowest BCUT2D eigenvalue weighted by Crippen LogP contribution is -2.25. The molecule has 1 aromatic heterocycles. The van der Waals surface area contributed by atoms with Gasteiger partial charge in [-0.05, 0) is 12.2 Å². The van der Waals surface area contributed by atoms with Gasteiger partial charge in [0.15, 0.2) is 22.4 Å². The van der Waals surface area contributed by atoms with E-state index >= 15 is 0 Å². The molecule has 0 amide bonds. The minimum atomic E-state index is -1.34. The van der Waals surface area contributed by atoms with Crippen LogP contribution in [-0.2, 0) is 4.74 Å². The number of aliphatic hydroxyl groups excluding tert-OH is 3. The highest BCUT2D eigenvalue weighted by molar-refractivity contribution is 7.71. The van der Waals surface area contributed by atoms with Crippen molar-refractivity contribution in [1.82, 2.24) is 9.55 Å². The van der Waals surface area contributed by atoms with Crippen LogP contribution in [0, 0.1) is 4.77 Å². The summed E-state index contributed by atoms with van der Waals surface area (Å²) in [6, 6.07) is 1.21. The van der Waals surface area contributed by atoms with Crippen LogP contribution in [0.25, 0.3) is 0 Å². The second-order valence-electron chi connectivity index (χ2n) is 3.44. The summed E-state index contributed by atoms with van der Waals surface area (Å²) in [6.45, 7) is -0.532. The first kappa shape index (κ1) is 11.8. The molecule has 4 N–H and O–H groups in total. The molecule has 0 spiro atoms. The van der Waals surface area contributed by atoms with Gasteiger partial charge in [0.1, 0.15) is 6.61 Å². The Morgan fingerprint density at radius 2 is 2.29 bits per heavy atom. The predicted octanol–water partition coefficient (Wildman–Crippen LogP) is -0.443. The van der Waals surface area contributed by atoms with Crippen LogP contribution in [0.15, 0.2) is 28.6 Å². The number of hydrogen-bond donors (Lipinski definition) is 4. The molecule has 0 saturated carbocycles. The monoisotopic (exact) mass is 258 g/mol. The Hall–Kier alpha value is -1.64. The molecule has 1 aromatic rings. The number of aromatic nitrogens is 2. The van der Waals surface area contributed by atoms with Crippen molar-refractivity contribution in [2.45, 2.75) is 12.3 Å². The summed E-state index contributed by atoms with van der Waals surface area (Å²) in [7, 11) is 0. The first-order valence-electron chi connectivity index (χ1n) is 4.73. The average Bonchev–Trinajstić information content (AvgIpc) is 2.57. The Balaban J connectivity index is 2.39. The fourth-order valence-electron chi connectivity index (χ4n) is 1.53. The highest BCUT2D eigenvalue weighted by Gasteiger charge is 2.36. The zero-order valence-electron chi connectivity index (χ0n) is 8.53. The highest BCUT2D eigenvalue weighted by atomic mass is 32.1. The van der Waals surface area contributed by atoms with Gasteiger partial charge in [0, 0.05) is 12.3 Å². The van der Waals surface area contributed by atoms with Crippen LogP contribution >= 0.6 is 12.2 Å². The largest absolute Gasteiger partial charge is 0.506 e. The SMILES string of the molecule is O=c1ccn([C@@H]2OC(CO)=C(O)C2O)c(=S)[nH]1. The van der Waals surface area contributed by atoms with Gasteiger partial charge >= 0.3 is 0 Å². The number of hydrogen-bond acceptors (Lipinski definition) is 6. The van der Waals surface area contributed by atoms with Crippen molar-refractivity contribution in [1.29, 1.82) is 0 Å². The fourth-order valence-corrected chi connectivity index (χ4v) is 1.79. The van der Waals surface area contributed by atoms with Gasteiger partial charge in [0.25, 0.3) is 5.56 Å². The van der Waals surface area contributed by atoms with E-state index in [4.69, 9.17) is 22.1 Å². The third-order valence-corrected chi connectivity index (χ3v) is 2.68. The number of H-pyrrole nitrogens is 1. The van der Waals surface area contributed by atoms with Crippen molar-refractivity contribution in [3.05, 3.63) is 38.9 Å². The molecule has 0 aromatic carbocycles. The van der Waals surface area contributed by atoms with Crippen molar-refractivity contribution in [3.63, 3.8) is 0 Å². The van der Waals surface area contributed by atoms with Gasteiger partial charge in [0.2, 0.25) is 6.23 Å². The van der Waals surface area contributed by atoms with Crippen LogP contribution in [0.1, 0.15) is 6.23 Å². The molecule has 92 valence electrons. The lowest BCUT2D eigenvalue weighted by molar-refractivity contribution is -0.0160. The van der Waals surface area contributed by atoms with Crippen LogP contribution < -0.4 is 5.56 Å². The van der Waals surface area contributed by atoms with E-state index in [-0.39, 0.29) is 16.1 Å². The Labute approximate surface area is 100 Å². The maximum Gasteiger partial charge on any atom is 0.251 e. The molecule has 0 saturated heterocycles. The number of rotatable bonds is 2. The molecule has 2 rings (SSSR count). The van der Waals surface area contributed by atoms with Gasteiger partial charge in [0.05, 0.1) is 0 Å². The summed E-state index contributed by atoms with van der Waals surface area (Å²) in [4.78, 5) is 13.3. The molecule has 0 fully saturated rings. The molecule has 2 atom stereocenters. The Kier molecular flexibility index (Phi) is 3.01. The van der Waals surface area contributed by atoms with Crippen molar-refractivity contribution in [2.75, 3.05) is 6.61 Å². The topological polar surface area (TPSA) is 108 Å². The summed E-state index contributed by atoms with van der Waals surface area (Å²) in [5, 5.41) is 28.0. The summed E-state index contributed by atoms with van der Waals surface area (Å²) in [5.41, 5.74) is -0.377. The van der Waals surface area contributed by atoms with Crippen molar-refractivity contribution in [3.8, 4) is 0 Å². The number of nitrogens with one attached hydrogen (secondary N) is 1. The van der Waals surface area contributed by atoms with E-state index in [9.17, 15) is 15.0 Å². The fraction of sp³-hybridized carbons (Fsp3) is 0.333. The molecule has 0 radical (unpaired) electrons. The number of aromatic amines is 1. The van der Waals surface area contributed by atoms with Gasteiger partial charge in [-0.1, -0.05) is 0 Å². The van der Waals surface area contributed by atoms with E-state index in [0.717, 1.165) is 0 Å². The minimum Gasteiger partial charge on any atom is -0.506 e. The standard InChI is InChI=1S/C9H10N2O5S/c12-3-4-6(14)7(15)8(16-4)11-2-1-5(13)10-9(11)17/h1-2,7-8,12,14-15H,3H2,(H,10,13,17)/t7?,8-/m1/s1. The van der Waals surface area contributed by atoms with E-state index in [1.807, 2.05) is 0 Å². The number of nitrogens with zero attached hydrogens (tertiary/aromatic N) is 1. The first-order chi connectivity index (χ1) is 8.04. The molecule has 1 aliphatic heterocycles. The number of ether oxygens (including phenoxy) is 1. The molecule has 8 heteroatoms. The van der Waals surface area contributed by atoms with E-state index in [1.54, 1.807) is 0 Å². The van der Waals surface area contributed by atoms with Crippen LogP contribution in [0.4, 0.5) is 0 Å². The molecule has 2 heterocycles. The Morgan fingerprint density at radius 1 is 1.59 bits per heavy atom. The second kappa shape index (κ2) is 4.32. The highest BCUT2D eigenvalue weighted by Crippen LogP contribution is 2.30. The van der Waals surface area contributed by atoms with E-state index in [2.05, 4.69) is 4.98 Å². The second-order valence-corrected chi connectivity index (χ2v) is 3.82. The normalized spacial score (nSPS) is 23.9.